The van der Waals surface area contributed by atoms with Crippen LogP contribution in [0.5, 0.6) is 0 Å². The summed E-state index contributed by atoms with van der Waals surface area (Å²) < 4.78 is 6.01. The largest absolute Gasteiger partial charge is 0.373 e. The third-order valence-electron chi connectivity index (χ3n) is 5.37. The summed E-state index contributed by atoms with van der Waals surface area (Å²) in [5.74, 6) is 0. The van der Waals surface area contributed by atoms with E-state index in [0.717, 1.165) is 32.3 Å². The van der Waals surface area contributed by atoms with E-state index in [9.17, 15) is 0 Å². The van der Waals surface area contributed by atoms with E-state index < -0.39 is 0 Å². The standard InChI is InChI=1S/C15H23NO/c1-13(7-3-2-4-8-13)15(16)10-6-5-9-14(15)11-12-17-14/h2-4,7H,5-6,8-12,16H2,1H3/t13?,14?,15-/m0/s1. The SMILES string of the molecule is CC1([C@@]2(N)CCCCC23CCO3)C=CC=CC1. The summed E-state index contributed by atoms with van der Waals surface area (Å²) >= 11 is 0. The van der Waals surface area contributed by atoms with Crippen molar-refractivity contribution < 1.29 is 4.74 Å². The molecule has 1 aliphatic heterocycles. The lowest BCUT2D eigenvalue weighted by Gasteiger charge is -2.62. The lowest BCUT2D eigenvalue weighted by Crippen LogP contribution is -2.74. The monoisotopic (exact) mass is 233 g/mol. The van der Waals surface area contributed by atoms with E-state index in [0.29, 0.717) is 0 Å². The third-order valence-corrected chi connectivity index (χ3v) is 5.37. The molecule has 0 amide bonds. The van der Waals surface area contributed by atoms with Crippen LogP contribution in [0.15, 0.2) is 24.3 Å². The van der Waals surface area contributed by atoms with Crippen LogP contribution < -0.4 is 5.73 Å². The van der Waals surface area contributed by atoms with E-state index in [2.05, 4.69) is 31.2 Å². The fourth-order valence-electron chi connectivity index (χ4n) is 4.03. The number of ether oxygens (including phenoxy) is 1. The highest BCUT2D eigenvalue weighted by Gasteiger charge is 2.61. The second-order valence-electron chi connectivity index (χ2n) is 6.18. The first-order chi connectivity index (χ1) is 8.12. The molecule has 0 radical (unpaired) electrons. The number of nitrogens with two attached hydrogens (primary N) is 1. The quantitative estimate of drug-likeness (QED) is 0.755. The van der Waals surface area contributed by atoms with E-state index in [1.165, 1.54) is 12.8 Å². The van der Waals surface area contributed by atoms with Gasteiger partial charge in [-0.05, 0) is 19.3 Å². The molecule has 3 aliphatic rings. The molecule has 2 fully saturated rings. The molecule has 3 rings (SSSR count). The zero-order valence-electron chi connectivity index (χ0n) is 10.7. The topological polar surface area (TPSA) is 35.2 Å². The molecule has 17 heavy (non-hydrogen) atoms. The normalized spacial score (nSPS) is 49.3. The lowest BCUT2D eigenvalue weighted by molar-refractivity contribution is -0.226. The Morgan fingerprint density at radius 2 is 1.88 bits per heavy atom. The van der Waals surface area contributed by atoms with Crippen LogP contribution in [0.3, 0.4) is 0 Å². The minimum Gasteiger partial charge on any atom is -0.373 e. The third kappa shape index (κ3) is 1.40. The summed E-state index contributed by atoms with van der Waals surface area (Å²) in [5.41, 5.74) is 6.74. The Kier molecular flexibility index (Phi) is 2.50. The second-order valence-corrected chi connectivity index (χ2v) is 6.18. The fourth-order valence-corrected chi connectivity index (χ4v) is 4.03. The number of allylic oxidation sites excluding steroid dienone is 3. The van der Waals surface area contributed by atoms with Crippen LogP contribution in [0.2, 0.25) is 0 Å². The molecule has 2 nitrogen and oxygen atoms in total. The molecule has 0 aromatic carbocycles. The van der Waals surface area contributed by atoms with E-state index >= 15 is 0 Å². The van der Waals surface area contributed by atoms with Gasteiger partial charge in [-0.25, -0.2) is 0 Å². The van der Waals surface area contributed by atoms with Crippen LogP contribution in [0.1, 0.15) is 45.4 Å². The van der Waals surface area contributed by atoms with E-state index in [1.54, 1.807) is 0 Å². The molecule has 0 aromatic heterocycles. The Labute approximate surface area is 104 Å². The summed E-state index contributed by atoms with van der Waals surface area (Å²) in [7, 11) is 0. The minimum absolute atomic E-state index is 0.0322. The van der Waals surface area contributed by atoms with Crippen LogP contribution in [0.4, 0.5) is 0 Å². The maximum absolute atomic E-state index is 6.90. The van der Waals surface area contributed by atoms with Gasteiger partial charge < -0.3 is 10.5 Å². The zero-order chi connectivity index (χ0) is 12.0. The molecular weight excluding hydrogens is 210 g/mol. The maximum Gasteiger partial charge on any atom is 0.0891 e. The Hall–Kier alpha value is -0.600. The van der Waals surface area contributed by atoms with Gasteiger partial charge >= 0.3 is 0 Å². The van der Waals surface area contributed by atoms with Crippen molar-refractivity contribution in [2.45, 2.75) is 56.6 Å². The van der Waals surface area contributed by atoms with Gasteiger partial charge in [0.1, 0.15) is 0 Å². The second kappa shape index (κ2) is 3.69. The minimum atomic E-state index is -0.183. The first-order valence-corrected chi connectivity index (χ1v) is 6.89. The average molecular weight is 233 g/mol. The van der Waals surface area contributed by atoms with E-state index in [4.69, 9.17) is 10.5 Å². The fraction of sp³-hybridized carbons (Fsp3) is 0.733. The van der Waals surface area contributed by atoms with E-state index in [1.807, 2.05) is 0 Å². The van der Waals surface area contributed by atoms with Gasteiger partial charge in [-0.1, -0.05) is 44.1 Å². The molecule has 2 heteroatoms. The molecule has 2 N–H and O–H groups in total. The highest BCUT2D eigenvalue weighted by Crippen LogP contribution is 2.55. The van der Waals surface area contributed by atoms with Gasteiger partial charge in [0.25, 0.3) is 0 Å². The summed E-state index contributed by atoms with van der Waals surface area (Å²) in [6.07, 6.45) is 15.8. The van der Waals surface area contributed by atoms with Crippen molar-refractivity contribution in [1.82, 2.24) is 0 Å². The molecule has 1 saturated heterocycles. The highest BCUT2D eigenvalue weighted by molar-refractivity contribution is 5.27. The van der Waals surface area contributed by atoms with Crippen LogP contribution in [-0.4, -0.2) is 17.7 Å². The summed E-state index contributed by atoms with van der Waals surface area (Å²) in [6, 6.07) is 0. The summed E-state index contributed by atoms with van der Waals surface area (Å²) in [5, 5.41) is 0. The van der Waals surface area contributed by atoms with Crippen molar-refractivity contribution in [3.05, 3.63) is 24.3 Å². The predicted octanol–water partition coefficient (Wildman–Crippen LogP) is 2.94. The van der Waals surface area contributed by atoms with Gasteiger partial charge in [-0.2, -0.15) is 0 Å². The van der Waals surface area contributed by atoms with Gasteiger partial charge in [-0.15, -0.1) is 0 Å². The van der Waals surface area contributed by atoms with Crippen molar-refractivity contribution in [3.8, 4) is 0 Å². The molecule has 1 heterocycles. The first kappa shape index (κ1) is 11.5. The Bertz CT molecular complexity index is 369. The van der Waals surface area contributed by atoms with Gasteiger partial charge in [0, 0.05) is 11.8 Å². The van der Waals surface area contributed by atoms with Crippen molar-refractivity contribution in [2.24, 2.45) is 11.1 Å². The Morgan fingerprint density at radius 1 is 1.12 bits per heavy atom. The van der Waals surface area contributed by atoms with Crippen molar-refractivity contribution in [3.63, 3.8) is 0 Å². The lowest BCUT2D eigenvalue weighted by atomic mass is 9.53. The molecule has 1 saturated carbocycles. The van der Waals surface area contributed by atoms with Gasteiger partial charge in [0.2, 0.25) is 0 Å². The summed E-state index contributed by atoms with van der Waals surface area (Å²) in [4.78, 5) is 0. The number of hydrogen-bond donors (Lipinski definition) is 1. The predicted molar refractivity (Wildman–Crippen MR) is 69.7 cm³/mol. The molecule has 1 spiro atoms. The molecule has 94 valence electrons. The molecule has 0 bridgehead atoms. The van der Waals surface area contributed by atoms with Crippen LogP contribution in [0.25, 0.3) is 0 Å². The van der Waals surface area contributed by atoms with Crippen LogP contribution >= 0.6 is 0 Å². The Morgan fingerprint density at radius 3 is 2.47 bits per heavy atom. The first-order valence-electron chi connectivity index (χ1n) is 6.89. The molecule has 2 aliphatic carbocycles. The summed E-state index contributed by atoms with van der Waals surface area (Å²) in [6.45, 7) is 3.20. The van der Waals surface area contributed by atoms with Crippen molar-refractivity contribution in [2.75, 3.05) is 6.61 Å². The van der Waals surface area contributed by atoms with Crippen LogP contribution in [-0.2, 0) is 4.74 Å². The Balaban J connectivity index is 1.97. The molecular formula is C15H23NO. The molecule has 2 unspecified atom stereocenters. The zero-order valence-corrected chi connectivity index (χ0v) is 10.7. The van der Waals surface area contributed by atoms with E-state index in [-0.39, 0.29) is 16.6 Å². The average Bonchev–Trinajstić information content (AvgIpc) is 2.28. The molecule has 0 aromatic rings. The van der Waals surface area contributed by atoms with Crippen molar-refractivity contribution in [1.29, 1.82) is 0 Å². The molecule has 3 atom stereocenters. The number of hydrogen-bond acceptors (Lipinski definition) is 2. The maximum atomic E-state index is 6.90. The number of rotatable bonds is 1. The van der Waals surface area contributed by atoms with Gasteiger partial charge in [-0.3, -0.25) is 0 Å². The smallest absolute Gasteiger partial charge is 0.0891 e. The van der Waals surface area contributed by atoms with Crippen LogP contribution in [0, 0.1) is 5.41 Å². The highest BCUT2D eigenvalue weighted by atomic mass is 16.5. The van der Waals surface area contributed by atoms with Gasteiger partial charge in [0.15, 0.2) is 0 Å². The van der Waals surface area contributed by atoms with Crippen molar-refractivity contribution >= 4 is 0 Å². The van der Waals surface area contributed by atoms with Gasteiger partial charge in [0.05, 0.1) is 17.7 Å².